The first-order valence-electron chi connectivity index (χ1n) is 6.94. The maximum atomic E-state index is 11.6. The third-order valence-electron chi connectivity index (χ3n) is 3.49. The Morgan fingerprint density at radius 1 is 1.12 bits per heavy atom. The molecule has 0 aliphatic carbocycles. The third-order valence-corrected chi connectivity index (χ3v) is 4.91. The third kappa shape index (κ3) is 3.13. The van der Waals surface area contributed by atoms with Crippen LogP contribution in [0.15, 0.2) is 53.8 Å². The zero-order valence-electron chi connectivity index (χ0n) is 13.0. The van der Waals surface area contributed by atoms with Gasteiger partial charge in [0, 0.05) is 23.6 Å². The summed E-state index contributed by atoms with van der Waals surface area (Å²) in [5, 5.41) is 0.295. The minimum absolute atomic E-state index is 0.261. The van der Waals surface area contributed by atoms with Crippen molar-refractivity contribution in [1.29, 1.82) is 0 Å². The Balaban J connectivity index is 2.05. The highest BCUT2D eigenvalue weighted by Crippen LogP contribution is 2.30. The Morgan fingerprint density at radius 2 is 1.83 bits per heavy atom. The van der Waals surface area contributed by atoms with E-state index in [2.05, 4.69) is 9.97 Å². The first-order valence-corrected chi connectivity index (χ1v) is 9.21. The van der Waals surface area contributed by atoms with E-state index in [0.717, 1.165) is 11.4 Å². The van der Waals surface area contributed by atoms with Crippen molar-refractivity contribution in [2.75, 3.05) is 13.4 Å². The van der Waals surface area contributed by atoms with Crippen LogP contribution in [0.1, 0.15) is 0 Å². The molecule has 0 N–H and O–H groups in total. The fourth-order valence-electron chi connectivity index (χ4n) is 2.28. The summed E-state index contributed by atoms with van der Waals surface area (Å²) in [5.41, 5.74) is 2.20. The Bertz CT molecular complexity index is 982. The van der Waals surface area contributed by atoms with Gasteiger partial charge in [0.05, 0.1) is 30.2 Å². The molecule has 0 bridgehead atoms. The van der Waals surface area contributed by atoms with Crippen molar-refractivity contribution in [3.8, 4) is 22.8 Å². The van der Waals surface area contributed by atoms with E-state index in [1.807, 2.05) is 0 Å². The molecule has 0 amide bonds. The monoisotopic (exact) mass is 363 g/mol. The lowest BCUT2D eigenvalue weighted by atomic mass is 10.2. The number of sulfone groups is 1. The van der Waals surface area contributed by atoms with Gasteiger partial charge < -0.3 is 4.74 Å². The van der Waals surface area contributed by atoms with Crippen LogP contribution in [0.3, 0.4) is 0 Å². The summed E-state index contributed by atoms with van der Waals surface area (Å²) < 4.78 is 30.0. The fraction of sp³-hybridized carbons (Fsp3) is 0.125. The second-order valence-electron chi connectivity index (χ2n) is 5.11. The van der Waals surface area contributed by atoms with Gasteiger partial charge in [0.15, 0.2) is 9.84 Å². The van der Waals surface area contributed by atoms with Crippen molar-refractivity contribution in [2.24, 2.45) is 0 Å². The Kier molecular flexibility index (Phi) is 4.29. The number of methoxy groups -OCH3 is 1. The Labute approximate surface area is 144 Å². The number of hydrogen-bond donors (Lipinski definition) is 0. The lowest BCUT2D eigenvalue weighted by molar-refractivity contribution is 0.398. The first kappa shape index (κ1) is 16.5. The van der Waals surface area contributed by atoms with Crippen molar-refractivity contribution in [3.63, 3.8) is 0 Å². The number of pyridine rings is 1. The molecule has 3 aromatic rings. The summed E-state index contributed by atoms with van der Waals surface area (Å²) >= 11 is 6.23. The molecule has 0 radical (unpaired) electrons. The molecule has 124 valence electrons. The van der Waals surface area contributed by atoms with E-state index in [9.17, 15) is 8.42 Å². The van der Waals surface area contributed by atoms with Gasteiger partial charge in [-0.1, -0.05) is 11.6 Å². The predicted octanol–water partition coefficient (Wildman–Crippen LogP) is 3.00. The lowest BCUT2D eigenvalue weighted by Gasteiger charge is -2.10. The Morgan fingerprint density at radius 3 is 2.42 bits per heavy atom. The highest BCUT2D eigenvalue weighted by atomic mass is 35.5. The van der Waals surface area contributed by atoms with Crippen molar-refractivity contribution in [3.05, 3.63) is 54.1 Å². The molecule has 0 atom stereocenters. The minimum atomic E-state index is -3.23. The average Bonchev–Trinajstić information content (AvgIpc) is 3.03. The second kappa shape index (κ2) is 6.26. The maximum absolute atomic E-state index is 11.6. The molecule has 6 nitrogen and oxygen atoms in total. The number of rotatable bonds is 4. The SMILES string of the molecule is COc1ccc(-c2cncn2-c2ccc(S(C)(=O)=O)cc2)c(Cl)n1. The molecule has 0 saturated heterocycles. The second-order valence-corrected chi connectivity index (χ2v) is 7.48. The molecular formula is C16H14ClN3O3S. The summed E-state index contributed by atoms with van der Waals surface area (Å²) in [4.78, 5) is 8.57. The van der Waals surface area contributed by atoms with Crippen LogP contribution in [0.5, 0.6) is 5.88 Å². The van der Waals surface area contributed by atoms with Crippen molar-refractivity contribution >= 4 is 21.4 Å². The van der Waals surface area contributed by atoms with Crippen LogP contribution in [-0.4, -0.2) is 36.3 Å². The number of benzene rings is 1. The minimum Gasteiger partial charge on any atom is -0.481 e. The van der Waals surface area contributed by atoms with Gasteiger partial charge >= 0.3 is 0 Å². The number of imidazole rings is 1. The number of ether oxygens (including phenoxy) is 1. The zero-order valence-corrected chi connectivity index (χ0v) is 14.5. The van der Waals surface area contributed by atoms with E-state index in [0.29, 0.717) is 16.6 Å². The van der Waals surface area contributed by atoms with Crippen LogP contribution in [0.25, 0.3) is 16.9 Å². The molecular weight excluding hydrogens is 350 g/mol. The summed E-state index contributed by atoms with van der Waals surface area (Å²) in [6.07, 6.45) is 4.47. The number of hydrogen-bond acceptors (Lipinski definition) is 5. The highest BCUT2D eigenvalue weighted by Gasteiger charge is 2.13. The van der Waals surface area contributed by atoms with Crippen molar-refractivity contribution in [1.82, 2.24) is 14.5 Å². The highest BCUT2D eigenvalue weighted by molar-refractivity contribution is 7.90. The van der Waals surface area contributed by atoms with Crippen molar-refractivity contribution in [2.45, 2.75) is 4.90 Å². The van der Waals surface area contributed by atoms with Crippen molar-refractivity contribution < 1.29 is 13.2 Å². The van der Waals surface area contributed by atoms with E-state index in [-0.39, 0.29) is 4.90 Å². The van der Waals surface area contributed by atoms with Gasteiger partial charge in [-0.05, 0) is 30.3 Å². The van der Waals surface area contributed by atoms with Crippen LogP contribution in [-0.2, 0) is 9.84 Å². The van der Waals surface area contributed by atoms with E-state index in [4.69, 9.17) is 16.3 Å². The van der Waals surface area contributed by atoms with Gasteiger partial charge in [0.1, 0.15) is 5.15 Å². The summed E-state index contributed by atoms with van der Waals surface area (Å²) in [7, 11) is -1.72. The number of aromatic nitrogens is 3. The molecule has 0 fully saturated rings. The molecule has 0 aliphatic rings. The zero-order chi connectivity index (χ0) is 17.3. The smallest absolute Gasteiger partial charge is 0.214 e. The molecule has 1 aromatic carbocycles. The number of nitrogens with zero attached hydrogens (tertiary/aromatic N) is 3. The van der Waals surface area contributed by atoms with E-state index < -0.39 is 9.84 Å². The summed E-state index contributed by atoms with van der Waals surface area (Å²) in [6, 6.07) is 10.1. The van der Waals surface area contributed by atoms with Gasteiger partial charge in [-0.2, -0.15) is 0 Å². The van der Waals surface area contributed by atoms with Gasteiger partial charge in [0.25, 0.3) is 0 Å². The maximum Gasteiger partial charge on any atom is 0.214 e. The molecule has 24 heavy (non-hydrogen) atoms. The van der Waals surface area contributed by atoms with Gasteiger partial charge in [0.2, 0.25) is 5.88 Å². The molecule has 8 heteroatoms. The molecule has 0 saturated carbocycles. The lowest BCUT2D eigenvalue weighted by Crippen LogP contribution is -2.00. The van der Waals surface area contributed by atoms with Gasteiger partial charge in [-0.15, -0.1) is 0 Å². The van der Waals surface area contributed by atoms with Gasteiger partial charge in [-0.25, -0.2) is 18.4 Å². The quantitative estimate of drug-likeness (QED) is 0.666. The summed E-state index contributed by atoms with van der Waals surface area (Å²) in [6.45, 7) is 0. The molecule has 3 rings (SSSR count). The first-order chi connectivity index (χ1) is 11.4. The topological polar surface area (TPSA) is 74.1 Å². The fourth-order valence-corrected chi connectivity index (χ4v) is 3.15. The average molecular weight is 364 g/mol. The standard InChI is InChI=1S/C16H14ClN3O3S/c1-23-15-8-7-13(16(17)19-15)14-9-18-10-20(14)11-3-5-12(6-4-11)24(2,21)22/h3-10H,1-2H3. The molecule has 0 spiro atoms. The predicted molar refractivity (Wildman–Crippen MR) is 91.5 cm³/mol. The van der Waals surface area contributed by atoms with Crippen LogP contribution in [0.4, 0.5) is 0 Å². The molecule has 2 aromatic heterocycles. The summed E-state index contributed by atoms with van der Waals surface area (Å²) in [5.74, 6) is 0.423. The van der Waals surface area contributed by atoms with Crippen LogP contribution < -0.4 is 4.74 Å². The molecule has 0 unspecified atom stereocenters. The Hall–Kier alpha value is -2.38. The molecule has 0 aliphatic heterocycles. The van der Waals surface area contributed by atoms with Crippen LogP contribution in [0, 0.1) is 0 Å². The van der Waals surface area contributed by atoms with E-state index in [1.165, 1.54) is 13.4 Å². The molecule has 2 heterocycles. The van der Waals surface area contributed by atoms with E-state index >= 15 is 0 Å². The normalized spacial score (nSPS) is 11.5. The largest absolute Gasteiger partial charge is 0.481 e. The van der Waals surface area contributed by atoms with E-state index in [1.54, 1.807) is 53.5 Å². The number of halogens is 1. The van der Waals surface area contributed by atoms with Crippen LogP contribution >= 0.6 is 11.6 Å². The van der Waals surface area contributed by atoms with Gasteiger partial charge in [-0.3, -0.25) is 4.57 Å². The van der Waals surface area contributed by atoms with Crippen LogP contribution in [0.2, 0.25) is 5.15 Å².